The Morgan fingerprint density at radius 3 is 2.15 bits per heavy atom. The van der Waals surface area contributed by atoms with E-state index in [-0.39, 0.29) is 16.7 Å². The first-order valence-corrected chi connectivity index (χ1v) is 8.02. The number of anilines is 1. The highest BCUT2D eigenvalue weighted by Crippen LogP contribution is 2.33. The van der Waals surface area contributed by atoms with Gasteiger partial charge >= 0.3 is 23.9 Å². The van der Waals surface area contributed by atoms with Gasteiger partial charge in [0.1, 0.15) is 0 Å². The molecule has 0 aromatic heterocycles. The first-order chi connectivity index (χ1) is 12.8. The fourth-order valence-corrected chi connectivity index (χ4v) is 3.00. The molecule has 1 N–H and O–H groups in total. The maximum Gasteiger partial charge on any atom is 0.350 e. The van der Waals surface area contributed by atoms with Crippen LogP contribution >= 0.6 is 0 Å². The lowest BCUT2D eigenvalue weighted by Gasteiger charge is -2.29. The number of hydrogen-bond donors (Lipinski definition) is 1. The van der Waals surface area contributed by atoms with Crippen LogP contribution in [0, 0.1) is 0 Å². The Morgan fingerprint density at radius 1 is 0.852 bits per heavy atom. The molecule has 0 atom stereocenters. The molecule has 2 aliphatic heterocycles. The van der Waals surface area contributed by atoms with Crippen molar-refractivity contribution in [1.29, 1.82) is 0 Å². The summed E-state index contributed by atoms with van der Waals surface area (Å²) in [6.45, 7) is 2.91. The Hall–Kier alpha value is -3.68. The van der Waals surface area contributed by atoms with Gasteiger partial charge in [-0.1, -0.05) is 12.1 Å². The van der Waals surface area contributed by atoms with Crippen molar-refractivity contribution >= 4 is 40.3 Å². The van der Waals surface area contributed by atoms with Crippen molar-refractivity contribution < 1.29 is 33.4 Å². The van der Waals surface area contributed by atoms with Crippen LogP contribution in [0.3, 0.4) is 0 Å². The highest BCUT2D eigenvalue weighted by molar-refractivity contribution is 6.22. The zero-order valence-corrected chi connectivity index (χ0v) is 14.3. The molecular weight excluding hydrogens is 354 g/mol. The third-order valence-corrected chi connectivity index (χ3v) is 4.15. The molecule has 0 unspecified atom stereocenters. The molecule has 0 spiro atoms. The van der Waals surface area contributed by atoms with E-state index in [9.17, 15) is 19.2 Å². The molecule has 1 saturated heterocycles. The molecule has 0 saturated carbocycles. The van der Waals surface area contributed by atoms with Crippen LogP contribution in [0.4, 0.5) is 5.69 Å². The summed E-state index contributed by atoms with van der Waals surface area (Å²) in [5, 5.41) is 3.85. The van der Waals surface area contributed by atoms with Crippen molar-refractivity contribution in [2.24, 2.45) is 0 Å². The first-order valence-electron chi connectivity index (χ1n) is 8.02. The molecule has 1 fully saturated rings. The predicted molar refractivity (Wildman–Crippen MR) is 91.7 cm³/mol. The smallest absolute Gasteiger partial charge is 0.350 e. The molecule has 136 valence electrons. The molecule has 8 heteroatoms. The van der Waals surface area contributed by atoms with Crippen molar-refractivity contribution in [2.45, 2.75) is 19.6 Å². The Labute approximate surface area is 152 Å². The van der Waals surface area contributed by atoms with Gasteiger partial charge in [-0.2, -0.15) is 0 Å². The van der Waals surface area contributed by atoms with Crippen molar-refractivity contribution in [1.82, 2.24) is 0 Å². The van der Waals surface area contributed by atoms with Crippen LogP contribution in [-0.4, -0.2) is 29.7 Å². The van der Waals surface area contributed by atoms with Crippen LogP contribution < -0.4 is 5.32 Å². The van der Waals surface area contributed by atoms with E-state index >= 15 is 0 Å². The van der Waals surface area contributed by atoms with Crippen LogP contribution in [0.25, 0.3) is 10.8 Å². The lowest BCUT2D eigenvalue weighted by Crippen LogP contribution is -2.42. The average Bonchev–Trinajstić information content (AvgIpc) is 2.58. The number of carbonyl (C=O) groups excluding carboxylic acids is 4. The molecular formula is C19H13NO7. The van der Waals surface area contributed by atoms with E-state index in [0.29, 0.717) is 16.5 Å². The largest absolute Gasteiger partial charge is 0.419 e. The molecule has 8 nitrogen and oxygen atoms in total. The van der Waals surface area contributed by atoms with Crippen molar-refractivity contribution in [3.8, 4) is 0 Å². The number of esters is 4. The third-order valence-electron chi connectivity index (χ3n) is 4.15. The van der Waals surface area contributed by atoms with Gasteiger partial charge in [-0.15, -0.1) is 0 Å². The SMILES string of the molecule is CC1(C)OC(=O)C(=CNc2ccc3c4c(cccc24)C(=O)OC3=O)C(=O)O1. The van der Waals surface area contributed by atoms with Crippen LogP contribution in [-0.2, 0) is 23.8 Å². The number of nitrogens with one attached hydrogen (secondary N) is 1. The van der Waals surface area contributed by atoms with E-state index in [4.69, 9.17) is 14.2 Å². The molecule has 0 radical (unpaired) electrons. The van der Waals surface area contributed by atoms with Gasteiger partial charge in [0.2, 0.25) is 0 Å². The van der Waals surface area contributed by atoms with Gasteiger partial charge in [0.05, 0.1) is 11.1 Å². The molecule has 0 aliphatic carbocycles. The second-order valence-electron chi connectivity index (χ2n) is 6.45. The van der Waals surface area contributed by atoms with E-state index in [1.165, 1.54) is 26.1 Å². The molecule has 0 amide bonds. The minimum Gasteiger partial charge on any atom is -0.419 e. The molecule has 0 bridgehead atoms. The van der Waals surface area contributed by atoms with Crippen molar-refractivity contribution in [3.05, 3.63) is 53.2 Å². The predicted octanol–water partition coefficient (Wildman–Crippen LogP) is 2.28. The summed E-state index contributed by atoms with van der Waals surface area (Å²) in [7, 11) is 0. The minimum absolute atomic E-state index is 0.261. The molecule has 2 aliphatic rings. The lowest BCUT2D eigenvalue weighted by molar-refractivity contribution is -0.222. The van der Waals surface area contributed by atoms with Gasteiger partial charge in [0.25, 0.3) is 5.79 Å². The summed E-state index contributed by atoms with van der Waals surface area (Å²) in [5.74, 6) is -4.41. The topological polar surface area (TPSA) is 108 Å². The Kier molecular flexibility index (Phi) is 3.52. The maximum absolute atomic E-state index is 12.0. The first kappa shape index (κ1) is 16.8. The third kappa shape index (κ3) is 2.71. The number of carbonyl (C=O) groups is 4. The fourth-order valence-electron chi connectivity index (χ4n) is 3.00. The normalized spacial score (nSPS) is 17.9. The Balaban J connectivity index is 1.76. The van der Waals surface area contributed by atoms with E-state index in [0.717, 1.165) is 0 Å². The summed E-state index contributed by atoms with van der Waals surface area (Å²) in [6, 6.07) is 7.99. The van der Waals surface area contributed by atoms with E-state index < -0.39 is 29.7 Å². The summed E-state index contributed by atoms with van der Waals surface area (Å²) >= 11 is 0. The maximum atomic E-state index is 12.0. The standard InChI is InChI=1S/C19H13NO7/c1-19(2)26-17(23)12(18(24)27-19)8-20-13-7-6-11-14-9(13)4-3-5-10(14)15(21)25-16(11)22/h3-8,20H,1-2H3. The number of rotatable bonds is 2. The van der Waals surface area contributed by atoms with Crippen LogP contribution in [0.2, 0.25) is 0 Å². The average molecular weight is 367 g/mol. The summed E-state index contributed by atoms with van der Waals surface area (Å²) in [4.78, 5) is 47.9. The zero-order valence-electron chi connectivity index (χ0n) is 14.3. The second kappa shape index (κ2) is 5.66. The molecule has 2 aromatic carbocycles. The second-order valence-corrected chi connectivity index (χ2v) is 6.45. The fraction of sp³-hybridized carbons (Fsp3) is 0.158. The summed E-state index contributed by atoms with van der Waals surface area (Å²) in [5.41, 5.74) is 0.703. The van der Waals surface area contributed by atoms with E-state index in [1.54, 1.807) is 24.3 Å². The number of ether oxygens (including phenoxy) is 3. The molecule has 2 heterocycles. The number of benzene rings is 2. The van der Waals surface area contributed by atoms with Gasteiger partial charge < -0.3 is 19.5 Å². The lowest BCUT2D eigenvalue weighted by atomic mass is 9.96. The summed E-state index contributed by atoms with van der Waals surface area (Å²) in [6.07, 6.45) is 1.17. The molecule has 2 aromatic rings. The van der Waals surface area contributed by atoms with Crippen molar-refractivity contribution in [3.63, 3.8) is 0 Å². The van der Waals surface area contributed by atoms with Gasteiger partial charge in [-0.3, -0.25) is 0 Å². The molecule has 27 heavy (non-hydrogen) atoms. The molecule has 4 rings (SSSR count). The Bertz CT molecular complexity index is 1040. The minimum atomic E-state index is -1.33. The van der Waals surface area contributed by atoms with Crippen LogP contribution in [0.15, 0.2) is 42.1 Å². The van der Waals surface area contributed by atoms with Gasteiger partial charge in [-0.25, -0.2) is 19.2 Å². The van der Waals surface area contributed by atoms with E-state index in [2.05, 4.69) is 5.32 Å². The highest BCUT2D eigenvalue weighted by atomic mass is 16.7. The number of hydrogen-bond acceptors (Lipinski definition) is 8. The monoisotopic (exact) mass is 367 g/mol. The van der Waals surface area contributed by atoms with Crippen LogP contribution in [0.5, 0.6) is 0 Å². The summed E-state index contributed by atoms with van der Waals surface area (Å²) < 4.78 is 14.8. The van der Waals surface area contributed by atoms with Crippen LogP contribution in [0.1, 0.15) is 34.6 Å². The Morgan fingerprint density at radius 2 is 1.48 bits per heavy atom. The quantitative estimate of drug-likeness (QED) is 0.373. The van der Waals surface area contributed by atoms with E-state index in [1.807, 2.05) is 0 Å². The van der Waals surface area contributed by atoms with Gasteiger partial charge in [0.15, 0.2) is 5.57 Å². The zero-order chi connectivity index (χ0) is 19.3. The van der Waals surface area contributed by atoms with Gasteiger partial charge in [0, 0.05) is 36.5 Å². The number of cyclic esters (lactones) is 4. The van der Waals surface area contributed by atoms with Gasteiger partial charge in [-0.05, 0) is 18.2 Å². The highest BCUT2D eigenvalue weighted by Gasteiger charge is 2.39. The van der Waals surface area contributed by atoms with Crippen molar-refractivity contribution in [2.75, 3.05) is 5.32 Å².